The molecule has 1 aromatic carbocycles. The van der Waals surface area contributed by atoms with Gasteiger partial charge in [-0.2, -0.15) is 0 Å². The van der Waals surface area contributed by atoms with E-state index in [-0.39, 0.29) is 22.1 Å². The van der Waals surface area contributed by atoms with Crippen LogP contribution in [0.5, 0.6) is 0 Å². The molecule has 0 aliphatic heterocycles. The predicted molar refractivity (Wildman–Crippen MR) is 72.5 cm³/mol. The Labute approximate surface area is 112 Å². The Balaban J connectivity index is 3.35. The molecule has 0 saturated heterocycles. The van der Waals surface area contributed by atoms with E-state index < -0.39 is 16.0 Å². The van der Waals surface area contributed by atoms with E-state index in [0.29, 0.717) is 6.54 Å². The number of aromatic carboxylic acids is 1. The highest BCUT2D eigenvalue weighted by atomic mass is 32.2. The van der Waals surface area contributed by atoms with Gasteiger partial charge in [-0.3, -0.25) is 0 Å². The van der Waals surface area contributed by atoms with Crippen LogP contribution in [-0.4, -0.2) is 37.4 Å². The van der Waals surface area contributed by atoms with E-state index in [9.17, 15) is 13.2 Å². The summed E-state index contributed by atoms with van der Waals surface area (Å²) in [6, 6.07) is 3.74. The number of nitrogens with two attached hydrogens (primary N) is 1. The maximum Gasteiger partial charge on any atom is 0.337 e. The first-order chi connectivity index (χ1) is 8.66. The molecule has 6 nitrogen and oxygen atoms in total. The number of hydrogen-bond donors (Lipinski definition) is 2. The summed E-state index contributed by atoms with van der Waals surface area (Å²) >= 11 is 0. The highest BCUT2D eigenvalue weighted by Gasteiger charge is 2.27. The van der Waals surface area contributed by atoms with Crippen molar-refractivity contribution in [3.05, 3.63) is 23.8 Å². The van der Waals surface area contributed by atoms with Crippen molar-refractivity contribution in [1.82, 2.24) is 4.31 Å². The number of carboxylic acids is 1. The van der Waals surface area contributed by atoms with E-state index in [0.717, 1.165) is 4.31 Å². The summed E-state index contributed by atoms with van der Waals surface area (Å²) in [6.45, 7) is 4.06. The van der Waals surface area contributed by atoms with Gasteiger partial charge in [0.1, 0.15) is 0 Å². The molecule has 0 bridgehead atoms. The number of benzene rings is 1. The number of anilines is 1. The van der Waals surface area contributed by atoms with Crippen LogP contribution >= 0.6 is 0 Å². The predicted octanol–water partition coefficient (Wildman–Crippen LogP) is 1.24. The lowest BCUT2D eigenvalue weighted by Crippen LogP contribution is -2.31. The molecule has 3 N–H and O–H groups in total. The number of hydrogen-bond acceptors (Lipinski definition) is 4. The monoisotopic (exact) mass is 286 g/mol. The van der Waals surface area contributed by atoms with Gasteiger partial charge in [0.2, 0.25) is 10.0 Å². The molecule has 0 aromatic heterocycles. The van der Waals surface area contributed by atoms with Crippen LogP contribution in [-0.2, 0) is 10.0 Å². The van der Waals surface area contributed by atoms with E-state index in [2.05, 4.69) is 0 Å². The fourth-order valence-corrected chi connectivity index (χ4v) is 3.26. The summed E-state index contributed by atoms with van der Waals surface area (Å²) in [6.07, 6.45) is 0. The average Bonchev–Trinajstić information content (AvgIpc) is 2.27. The van der Waals surface area contributed by atoms with Gasteiger partial charge in [-0.05, 0) is 24.1 Å². The van der Waals surface area contributed by atoms with Gasteiger partial charge < -0.3 is 10.8 Å². The summed E-state index contributed by atoms with van der Waals surface area (Å²) < 4.78 is 25.8. The van der Waals surface area contributed by atoms with Crippen molar-refractivity contribution < 1.29 is 18.3 Å². The molecule has 0 heterocycles. The molecule has 7 heteroatoms. The zero-order chi connectivity index (χ0) is 14.8. The Morgan fingerprint density at radius 3 is 2.47 bits per heavy atom. The van der Waals surface area contributed by atoms with E-state index in [1.165, 1.54) is 25.2 Å². The second kappa shape index (κ2) is 5.58. The zero-order valence-electron chi connectivity index (χ0n) is 11.1. The molecule has 0 fully saturated rings. The summed E-state index contributed by atoms with van der Waals surface area (Å²) in [4.78, 5) is 10.8. The summed E-state index contributed by atoms with van der Waals surface area (Å²) in [5, 5.41) is 9.06. The van der Waals surface area contributed by atoms with Crippen LogP contribution in [0.4, 0.5) is 5.69 Å². The molecule has 0 spiro atoms. The minimum absolute atomic E-state index is 0.133. The Morgan fingerprint density at radius 2 is 2.00 bits per heavy atom. The Kier molecular flexibility index (Phi) is 4.54. The molecule has 0 unspecified atom stereocenters. The van der Waals surface area contributed by atoms with Crippen LogP contribution in [0.3, 0.4) is 0 Å². The second-order valence-electron chi connectivity index (χ2n) is 4.74. The van der Waals surface area contributed by atoms with Crippen LogP contribution in [0, 0.1) is 5.92 Å². The van der Waals surface area contributed by atoms with Gasteiger partial charge in [-0.15, -0.1) is 0 Å². The van der Waals surface area contributed by atoms with Gasteiger partial charge in [-0.1, -0.05) is 13.8 Å². The fraction of sp³-hybridized carbons (Fsp3) is 0.417. The van der Waals surface area contributed by atoms with Gasteiger partial charge in [-0.25, -0.2) is 17.5 Å². The summed E-state index contributed by atoms with van der Waals surface area (Å²) in [5.41, 5.74) is 5.49. The lowest BCUT2D eigenvalue weighted by atomic mass is 10.2. The van der Waals surface area contributed by atoms with Crippen LogP contribution in [0.1, 0.15) is 24.2 Å². The fourth-order valence-electron chi connectivity index (χ4n) is 1.71. The first-order valence-electron chi connectivity index (χ1n) is 5.75. The highest BCUT2D eigenvalue weighted by molar-refractivity contribution is 7.89. The van der Waals surface area contributed by atoms with Gasteiger partial charge in [0.15, 0.2) is 0 Å². The van der Waals surface area contributed by atoms with Crippen molar-refractivity contribution in [2.45, 2.75) is 18.7 Å². The Hall–Kier alpha value is -1.60. The Morgan fingerprint density at radius 1 is 1.42 bits per heavy atom. The smallest absolute Gasteiger partial charge is 0.337 e. The quantitative estimate of drug-likeness (QED) is 0.793. The van der Waals surface area contributed by atoms with Crippen LogP contribution in [0.15, 0.2) is 23.1 Å². The second-order valence-corrected chi connectivity index (χ2v) is 6.75. The maximum atomic E-state index is 12.4. The minimum atomic E-state index is -3.86. The summed E-state index contributed by atoms with van der Waals surface area (Å²) in [7, 11) is -2.44. The van der Waals surface area contributed by atoms with Crippen molar-refractivity contribution in [3.63, 3.8) is 0 Å². The first-order valence-corrected chi connectivity index (χ1v) is 7.19. The van der Waals surface area contributed by atoms with E-state index in [1.807, 2.05) is 13.8 Å². The van der Waals surface area contributed by atoms with Crippen molar-refractivity contribution in [2.75, 3.05) is 19.3 Å². The lowest BCUT2D eigenvalue weighted by molar-refractivity contribution is 0.0692. The number of nitrogens with zero attached hydrogens (tertiary/aromatic N) is 1. The van der Waals surface area contributed by atoms with E-state index in [4.69, 9.17) is 10.8 Å². The molecule has 106 valence electrons. The molecule has 0 radical (unpaired) electrons. The third-order valence-corrected chi connectivity index (χ3v) is 4.41. The minimum Gasteiger partial charge on any atom is -0.478 e. The topological polar surface area (TPSA) is 101 Å². The SMILES string of the molecule is CC(C)CN(C)S(=O)(=O)c1cc(N)ccc1C(=O)O. The molecule has 0 atom stereocenters. The number of rotatable bonds is 5. The van der Waals surface area contributed by atoms with Gasteiger partial charge in [0, 0.05) is 19.3 Å². The largest absolute Gasteiger partial charge is 0.478 e. The maximum absolute atomic E-state index is 12.4. The number of nitrogen functional groups attached to an aromatic ring is 1. The number of carboxylic acid groups (broad SMARTS) is 1. The van der Waals surface area contributed by atoms with E-state index >= 15 is 0 Å². The molecule has 1 aromatic rings. The molecule has 0 amide bonds. The van der Waals surface area contributed by atoms with Crippen LogP contribution in [0.25, 0.3) is 0 Å². The lowest BCUT2D eigenvalue weighted by Gasteiger charge is -2.20. The normalized spacial score (nSPS) is 12.1. The third-order valence-electron chi connectivity index (χ3n) is 2.55. The summed E-state index contributed by atoms with van der Waals surface area (Å²) in [5.74, 6) is -1.16. The van der Waals surface area contributed by atoms with Crippen molar-refractivity contribution in [3.8, 4) is 0 Å². The van der Waals surface area contributed by atoms with Gasteiger partial charge in [0.25, 0.3) is 0 Å². The van der Waals surface area contributed by atoms with Crippen molar-refractivity contribution in [2.24, 2.45) is 5.92 Å². The molecular weight excluding hydrogens is 268 g/mol. The van der Waals surface area contributed by atoms with Crippen LogP contribution < -0.4 is 5.73 Å². The third kappa shape index (κ3) is 3.45. The molecule has 0 saturated carbocycles. The van der Waals surface area contributed by atoms with Crippen molar-refractivity contribution >= 4 is 21.7 Å². The van der Waals surface area contributed by atoms with Crippen LogP contribution in [0.2, 0.25) is 0 Å². The standard InChI is InChI=1S/C12H18N2O4S/c1-8(2)7-14(3)19(17,18)11-6-9(13)4-5-10(11)12(15)16/h4-6,8H,7,13H2,1-3H3,(H,15,16). The zero-order valence-corrected chi connectivity index (χ0v) is 11.9. The van der Waals surface area contributed by atoms with Gasteiger partial charge in [0.05, 0.1) is 10.5 Å². The number of carbonyl (C=O) groups is 1. The Bertz CT molecular complexity index is 581. The van der Waals surface area contributed by atoms with Crippen molar-refractivity contribution in [1.29, 1.82) is 0 Å². The highest BCUT2D eigenvalue weighted by Crippen LogP contribution is 2.23. The van der Waals surface area contributed by atoms with Gasteiger partial charge >= 0.3 is 5.97 Å². The number of sulfonamides is 1. The van der Waals surface area contributed by atoms with E-state index in [1.54, 1.807) is 0 Å². The first kappa shape index (κ1) is 15.5. The molecule has 1 rings (SSSR count). The molecule has 19 heavy (non-hydrogen) atoms. The average molecular weight is 286 g/mol. The molecule has 0 aliphatic rings. The molecule has 0 aliphatic carbocycles. The molecular formula is C12H18N2O4S.